The number of hydrogen-bond acceptors (Lipinski definition) is 6. The summed E-state index contributed by atoms with van der Waals surface area (Å²) < 4.78 is 27.7. The molecule has 1 N–H and O–H groups in total. The van der Waals surface area contributed by atoms with E-state index in [-0.39, 0.29) is 18.3 Å². The van der Waals surface area contributed by atoms with Gasteiger partial charge in [0, 0.05) is 30.1 Å². The van der Waals surface area contributed by atoms with E-state index < -0.39 is 9.84 Å². The standard InChI is InChI=1S/C17H19N3O4S/c1-25(22,23)10-9-24-14-4-2-3-13(11-14)19-17(21)15-7-8-18-16(20-15)12-5-6-12/h2-4,7-8,11-12H,5-6,9-10H2,1H3,(H,19,21). The molecule has 1 heterocycles. The Hall–Kier alpha value is -2.48. The minimum atomic E-state index is -3.07. The third kappa shape index (κ3) is 5.25. The van der Waals surface area contributed by atoms with E-state index in [0.717, 1.165) is 19.1 Å². The van der Waals surface area contributed by atoms with Crippen molar-refractivity contribution >= 4 is 21.4 Å². The molecule has 7 nitrogen and oxygen atoms in total. The lowest BCUT2D eigenvalue weighted by atomic mass is 10.2. The first-order valence-electron chi connectivity index (χ1n) is 7.95. The van der Waals surface area contributed by atoms with Crippen molar-refractivity contribution in [2.45, 2.75) is 18.8 Å². The highest BCUT2D eigenvalue weighted by molar-refractivity contribution is 7.90. The highest BCUT2D eigenvalue weighted by atomic mass is 32.2. The zero-order valence-corrected chi connectivity index (χ0v) is 14.6. The van der Waals surface area contributed by atoms with Crippen LogP contribution in [0, 0.1) is 0 Å². The van der Waals surface area contributed by atoms with Gasteiger partial charge in [0.25, 0.3) is 5.91 Å². The van der Waals surface area contributed by atoms with Crippen LogP contribution in [0.2, 0.25) is 0 Å². The van der Waals surface area contributed by atoms with Crippen molar-refractivity contribution in [2.75, 3.05) is 23.9 Å². The molecular formula is C17H19N3O4S. The third-order valence-corrected chi connectivity index (χ3v) is 4.57. The fraction of sp³-hybridized carbons (Fsp3) is 0.353. The molecule has 3 rings (SSSR count). The van der Waals surface area contributed by atoms with Gasteiger partial charge in [-0.05, 0) is 31.0 Å². The summed E-state index contributed by atoms with van der Waals surface area (Å²) in [6, 6.07) is 8.37. The molecule has 1 aliphatic rings. The third-order valence-electron chi connectivity index (χ3n) is 3.66. The van der Waals surface area contributed by atoms with E-state index in [9.17, 15) is 13.2 Å². The van der Waals surface area contributed by atoms with Gasteiger partial charge >= 0.3 is 0 Å². The second kappa shape index (κ2) is 7.18. The number of sulfone groups is 1. The van der Waals surface area contributed by atoms with Crippen LogP contribution in [-0.4, -0.2) is 42.9 Å². The van der Waals surface area contributed by atoms with Crippen LogP contribution in [0.3, 0.4) is 0 Å². The summed E-state index contributed by atoms with van der Waals surface area (Å²) in [4.78, 5) is 20.9. The normalized spacial score (nSPS) is 14.1. The lowest BCUT2D eigenvalue weighted by Crippen LogP contribution is -2.15. The summed E-state index contributed by atoms with van der Waals surface area (Å²) in [5.74, 6) is 1.19. The van der Waals surface area contributed by atoms with Gasteiger partial charge in [0.15, 0.2) is 9.84 Å². The molecule has 0 atom stereocenters. The maximum atomic E-state index is 12.3. The van der Waals surface area contributed by atoms with E-state index >= 15 is 0 Å². The SMILES string of the molecule is CS(=O)(=O)CCOc1cccc(NC(=O)c2ccnc(C3CC3)n2)c1. The number of rotatable bonds is 7. The molecule has 1 aromatic carbocycles. The number of amides is 1. The lowest BCUT2D eigenvalue weighted by Gasteiger charge is -2.09. The summed E-state index contributed by atoms with van der Waals surface area (Å²) in [6.07, 6.45) is 4.89. The number of nitrogens with zero attached hydrogens (tertiary/aromatic N) is 2. The fourth-order valence-electron chi connectivity index (χ4n) is 2.21. The Kier molecular flexibility index (Phi) is 4.98. The van der Waals surface area contributed by atoms with E-state index in [1.165, 1.54) is 0 Å². The van der Waals surface area contributed by atoms with Crippen molar-refractivity contribution in [2.24, 2.45) is 0 Å². The zero-order chi connectivity index (χ0) is 17.9. The van der Waals surface area contributed by atoms with Crippen LogP contribution in [0.15, 0.2) is 36.5 Å². The van der Waals surface area contributed by atoms with Gasteiger partial charge in [0.05, 0.1) is 5.75 Å². The predicted molar refractivity (Wildman–Crippen MR) is 93.6 cm³/mol. The number of ether oxygens (including phenoxy) is 1. The first-order chi connectivity index (χ1) is 11.9. The molecule has 0 aliphatic heterocycles. The van der Waals surface area contributed by atoms with Crippen LogP contribution in [0.25, 0.3) is 0 Å². The minimum absolute atomic E-state index is 0.0610. The summed E-state index contributed by atoms with van der Waals surface area (Å²) in [7, 11) is -3.07. The maximum absolute atomic E-state index is 12.3. The van der Waals surface area contributed by atoms with E-state index in [4.69, 9.17) is 4.74 Å². The first-order valence-corrected chi connectivity index (χ1v) is 10.0. The molecule has 1 saturated carbocycles. The van der Waals surface area contributed by atoms with Crippen LogP contribution >= 0.6 is 0 Å². The van der Waals surface area contributed by atoms with Crippen molar-refractivity contribution < 1.29 is 17.9 Å². The van der Waals surface area contributed by atoms with Crippen LogP contribution in [0.4, 0.5) is 5.69 Å². The summed E-state index contributed by atoms with van der Waals surface area (Å²) in [6.45, 7) is 0.0624. The van der Waals surface area contributed by atoms with Crippen LogP contribution in [0.5, 0.6) is 5.75 Å². The second-order valence-corrected chi connectivity index (χ2v) is 8.29. The largest absolute Gasteiger partial charge is 0.492 e. The van der Waals surface area contributed by atoms with Gasteiger partial charge in [-0.25, -0.2) is 18.4 Å². The molecule has 1 fully saturated rings. The molecule has 1 aliphatic carbocycles. The molecule has 25 heavy (non-hydrogen) atoms. The molecule has 1 amide bonds. The van der Waals surface area contributed by atoms with Crippen molar-refractivity contribution in [1.29, 1.82) is 0 Å². The molecule has 0 radical (unpaired) electrons. The Morgan fingerprint density at radius 1 is 1.32 bits per heavy atom. The Morgan fingerprint density at radius 2 is 2.12 bits per heavy atom. The Morgan fingerprint density at radius 3 is 2.84 bits per heavy atom. The topological polar surface area (TPSA) is 98.2 Å². The molecule has 2 aromatic rings. The Bertz CT molecular complexity index is 879. The molecule has 0 spiro atoms. The Balaban J connectivity index is 1.63. The van der Waals surface area contributed by atoms with Gasteiger partial charge in [-0.3, -0.25) is 4.79 Å². The number of nitrogens with one attached hydrogen (secondary N) is 1. The number of carbonyl (C=O) groups excluding carboxylic acids is 1. The number of anilines is 1. The van der Waals surface area contributed by atoms with Gasteiger partial charge in [-0.2, -0.15) is 0 Å². The summed E-state index contributed by atoms with van der Waals surface area (Å²) >= 11 is 0. The van der Waals surface area contributed by atoms with Crippen LogP contribution < -0.4 is 10.1 Å². The predicted octanol–water partition coefficient (Wildman–Crippen LogP) is 2.03. The second-order valence-electron chi connectivity index (χ2n) is 6.03. The van der Waals surface area contributed by atoms with Crippen molar-refractivity contribution in [3.8, 4) is 5.75 Å². The zero-order valence-electron chi connectivity index (χ0n) is 13.8. The molecule has 132 valence electrons. The van der Waals surface area contributed by atoms with Crippen molar-refractivity contribution in [3.05, 3.63) is 48.0 Å². The van der Waals surface area contributed by atoms with Crippen LogP contribution in [-0.2, 0) is 9.84 Å². The highest BCUT2D eigenvalue weighted by Gasteiger charge is 2.27. The summed E-state index contributed by atoms with van der Waals surface area (Å²) in [5.41, 5.74) is 0.869. The number of carbonyl (C=O) groups is 1. The molecule has 0 unspecified atom stereocenters. The molecular weight excluding hydrogens is 342 g/mol. The van der Waals surface area contributed by atoms with E-state index in [2.05, 4.69) is 15.3 Å². The maximum Gasteiger partial charge on any atom is 0.274 e. The Labute approximate surface area is 146 Å². The van der Waals surface area contributed by atoms with E-state index in [1.807, 2.05) is 0 Å². The number of hydrogen-bond donors (Lipinski definition) is 1. The van der Waals surface area contributed by atoms with Crippen LogP contribution in [0.1, 0.15) is 35.1 Å². The molecule has 0 saturated heterocycles. The smallest absolute Gasteiger partial charge is 0.274 e. The quantitative estimate of drug-likeness (QED) is 0.810. The van der Waals surface area contributed by atoms with Gasteiger partial charge < -0.3 is 10.1 Å². The summed E-state index contributed by atoms with van der Waals surface area (Å²) in [5, 5.41) is 2.76. The molecule has 1 aromatic heterocycles. The fourth-order valence-corrected chi connectivity index (χ4v) is 2.59. The van der Waals surface area contributed by atoms with E-state index in [1.54, 1.807) is 36.5 Å². The molecule has 0 bridgehead atoms. The number of aromatic nitrogens is 2. The highest BCUT2D eigenvalue weighted by Crippen LogP contribution is 2.37. The van der Waals surface area contributed by atoms with Gasteiger partial charge in [-0.1, -0.05) is 6.07 Å². The first kappa shape index (κ1) is 17.3. The average Bonchev–Trinajstić information content (AvgIpc) is 3.39. The van der Waals surface area contributed by atoms with Crippen molar-refractivity contribution in [3.63, 3.8) is 0 Å². The minimum Gasteiger partial charge on any atom is -0.492 e. The average molecular weight is 361 g/mol. The molecule has 8 heteroatoms. The van der Waals surface area contributed by atoms with E-state index in [0.29, 0.717) is 28.9 Å². The van der Waals surface area contributed by atoms with Crippen molar-refractivity contribution in [1.82, 2.24) is 9.97 Å². The lowest BCUT2D eigenvalue weighted by molar-refractivity contribution is 0.102. The number of benzene rings is 1. The van der Waals surface area contributed by atoms with Gasteiger partial charge in [-0.15, -0.1) is 0 Å². The van der Waals surface area contributed by atoms with Gasteiger partial charge in [0.1, 0.15) is 23.9 Å². The van der Waals surface area contributed by atoms with Gasteiger partial charge in [0.2, 0.25) is 0 Å². The monoisotopic (exact) mass is 361 g/mol.